The van der Waals surface area contributed by atoms with E-state index < -0.39 is 6.10 Å². The van der Waals surface area contributed by atoms with Gasteiger partial charge in [0.25, 0.3) is 5.91 Å². The number of nitrogens with zero attached hydrogens (tertiary/aromatic N) is 1. The van der Waals surface area contributed by atoms with E-state index in [1.165, 1.54) is 7.11 Å². The largest absolute Gasteiger partial charge is 0.497 e. The number of nitrogens with one attached hydrogen (secondary N) is 2. The molecule has 1 atom stereocenters. The molecule has 1 aliphatic rings. The fourth-order valence-electron chi connectivity index (χ4n) is 3.65. The van der Waals surface area contributed by atoms with E-state index >= 15 is 0 Å². The van der Waals surface area contributed by atoms with E-state index in [2.05, 4.69) is 10.6 Å². The molecule has 0 aliphatic carbocycles. The van der Waals surface area contributed by atoms with Crippen LogP contribution in [0.2, 0.25) is 0 Å². The first-order valence-corrected chi connectivity index (χ1v) is 10.8. The van der Waals surface area contributed by atoms with Crippen molar-refractivity contribution in [2.75, 3.05) is 37.5 Å². The van der Waals surface area contributed by atoms with Crippen molar-refractivity contribution in [1.29, 1.82) is 0 Å². The molecule has 8 heteroatoms. The lowest BCUT2D eigenvalue weighted by molar-refractivity contribution is -0.129. The lowest BCUT2D eigenvalue weighted by Gasteiger charge is -2.35. The Morgan fingerprint density at radius 1 is 1.12 bits per heavy atom. The molecule has 2 amide bonds. The Bertz CT molecular complexity index is 945. The first-order chi connectivity index (χ1) is 15.5. The molecule has 2 aromatic carbocycles. The third kappa shape index (κ3) is 5.43. The van der Waals surface area contributed by atoms with Gasteiger partial charge in [-0.25, -0.2) is 0 Å². The molecule has 0 saturated carbocycles. The van der Waals surface area contributed by atoms with Crippen molar-refractivity contribution in [2.24, 2.45) is 0 Å². The summed E-state index contributed by atoms with van der Waals surface area (Å²) in [6.45, 7) is 4.41. The Morgan fingerprint density at radius 3 is 2.56 bits per heavy atom. The van der Waals surface area contributed by atoms with Crippen molar-refractivity contribution in [3.63, 3.8) is 0 Å². The lowest BCUT2D eigenvalue weighted by Crippen LogP contribution is -2.52. The van der Waals surface area contributed by atoms with E-state index in [4.69, 9.17) is 14.2 Å². The van der Waals surface area contributed by atoms with Crippen molar-refractivity contribution in [2.45, 2.75) is 38.8 Å². The molecule has 2 aromatic rings. The predicted molar refractivity (Wildman–Crippen MR) is 124 cm³/mol. The highest BCUT2D eigenvalue weighted by atomic mass is 16.5. The van der Waals surface area contributed by atoms with Crippen molar-refractivity contribution < 1.29 is 23.8 Å². The molecule has 1 heterocycles. The molecule has 0 fully saturated rings. The van der Waals surface area contributed by atoms with Crippen LogP contribution < -0.4 is 29.7 Å². The monoisotopic (exact) mass is 441 g/mol. The van der Waals surface area contributed by atoms with Crippen molar-refractivity contribution in [3.8, 4) is 17.2 Å². The third-order valence-corrected chi connectivity index (χ3v) is 5.50. The smallest absolute Gasteiger partial charge is 0.263 e. The van der Waals surface area contributed by atoms with Crippen LogP contribution in [0.15, 0.2) is 42.5 Å². The number of fused-ring (bicyclic) bond motifs is 1. The molecule has 32 heavy (non-hydrogen) atoms. The van der Waals surface area contributed by atoms with Gasteiger partial charge in [-0.05, 0) is 37.1 Å². The molecule has 0 spiro atoms. The van der Waals surface area contributed by atoms with Gasteiger partial charge in [-0.15, -0.1) is 0 Å². The number of para-hydroxylation sites is 2. The van der Waals surface area contributed by atoms with Crippen LogP contribution >= 0.6 is 0 Å². The van der Waals surface area contributed by atoms with Crippen LogP contribution in [-0.2, 0) is 9.59 Å². The number of carbonyl (C=O) groups is 2. The van der Waals surface area contributed by atoms with Crippen LogP contribution in [0.25, 0.3) is 0 Å². The second-order valence-corrected chi connectivity index (χ2v) is 7.59. The summed E-state index contributed by atoms with van der Waals surface area (Å²) in [5, 5.41) is 5.92. The molecule has 0 bridgehead atoms. The first-order valence-electron chi connectivity index (χ1n) is 10.8. The average Bonchev–Trinajstić information content (AvgIpc) is 2.82. The molecule has 0 saturated heterocycles. The molecule has 8 nitrogen and oxygen atoms in total. The second kappa shape index (κ2) is 10.7. The van der Waals surface area contributed by atoms with Crippen molar-refractivity contribution in [1.82, 2.24) is 5.32 Å². The molecule has 3 rings (SSSR count). The number of methoxy groups -OCH3 is 2. The summed E-state index contributed by atoms with van der Waals surface area (Å²) in [7, 11) is 3.10. The van der Waals surface area contributed by atoms with E-state index in [1.807, 2.05) is 43.0 Å². The molecule has 2 N–H and O–H groups in total. The van der Waals surface area contributed by atoms with Gasteiger partial charge in [-0.3, -0.25) is 9.59 Å². The first kappa shape index (κ1) is 23.2. The van der Waals surface area contributed by atoms with Crippen LogP contribution in [0.1, 0.15) is 26.7 Å². The molecule has 1 unspecified atom stereocenters. The highest BCUT2D eigenvalue weighted by Crippen LogP contribution is 2.33. The summed E-state index contributed by atoms with van der Waals surface area (Å²) in [5.74, 6) is 1.31. The minimum atomic E-state index is -0.700. The van der Waals surface area contributed by atoms with Crippen LogP contribution in [0.5, 0.6) is 17.2 Å². The number of anilines is 2. The van der Waals surface area contributed by atoms with Gasteiger partial charge < -0.3 is 29.7 Å². The zero-order chi connectivity index (χ0) is 23.1. The molecule has 0 radical (unpaired) electrons. The summed E-state index contributed by atoms with van der Waals surface area (Å²) >= 11 is 0. The molecule has 172 valence electrons. The Hall–Kier alpha value is -3.42. The summed E-state index contributed by atoms with van der Waals surface area (Å²) in [5.41, 5.74) is 1.32. The number of carbonyl (C=O) groups excluding carboxylic acids is 2. The van der Waals surface area contributed by atoms with Gasteiger partial charge in [0.2, 0.25) is 5.91 Å². The quantitative estimate of drug-likeness (QED) is 0.621. The predicted octanol–water partition coefficient (Wildman–Crippen LogP) is 3.21. The summed E-state index contributed by atoms with van der Waals surface area (Å²) in [6.07, 6.45) is 0.997. The van der Waals surface area contributed by atoms with Crippen LogP contribution in [0.3, 0.4) is 0 Å². The fourth-order valence-corrected chi connectivity index (χ4v) is 3.65. The zero-order valence-electron chi connectivity index (χ0n) is 19.0. The van der Waals surface area contributed by atoms with Crippen molar-refractivity contribution in [3.05, 3.63) is 42.5 Å². The van der Waals surface area contributed by atoms with Gasteiger partial charge in [0, 0.05) is 12.1 Å². The molecular formula is C24H31N3O5. The van der Waals surface area contributed by atoms with Crippen LogP contribution in [0, 0.1) is 0 Å². The average molecular weight is 442 g/mol. The maximum atomic E-state index is 12.9. The van der Waals surface area contributed by atoms with Gasteiger partial charge in [0.1, 0.15) is 17.2 Å². The topological polar surface area (TPSA) is 89.1 Å². The second-order valence-electron chi connectivity index (χ2n) is 7.59. The van der Waals surface area contributed by atoms with Crippen LogP contribution in [0.4, 0.5) is 11.4 Å². The van der Waals surface area contributed by atoms with Gasteiger partial charge in [-0.1, -0.05) is 26.0 Å². The van der Waals surface area contributed by atoms with Crippen LogP contribution in [-0.4, -0.2) is 51.3 Å². The van der Waals surface area contributed by atoms with E-state index in [-0.39, 0.29) is 30.9 Å². The van der Waals surface area contributed by atoms with Gasteiger partial charge in [-0.2, -0.15) is 0 Å². The highest BCUT2D eigenvalue weighted by Gasteiger charge is 2.32. The number of benzene rings is 2. The van der Waals surface area contributed by atoms with Gasteiger partial charge in [0.15, 0.2) is 6.10 Å². The Morgan fingerprint density at radius 2 is 1.88 bits per heavy atom. The number of rotatable bonds is 9. The summed E-state index contributed by atoms with van der Waals surface area (Å²) in [4.78, 5) is 27.6. The van der Waals surface area contributed by atoms with E-state index in [9.17, 15) is 9.59 Å². The fraction of sp³-hybridized carbons (Fsp3) is 0.417. The van der Waals surface area contributed by atoms with E-state index in [1.54, 1.807) is 25.3 Å². The Labute approximate surface area is 188 Å². The molecular weight excluding hydrogens is 410 g/mol. The van der Waals surface area contributed by atoms with Gasteiger partial charge >= 0.3 is 0 Å². The Balaban J connectivity index is 1.74. The minimum Gasteiger partial charge on any atom is -0.497 e. The lowest BCUT2D eigenvalue weighted by atomic mass is 10.1. The number of ether oxygens (including phenoxy) is 3. The highest BCUT2D eigenvalue weighted by molar-refractivity contribution is 5.96. The van der Waals surface area contributed by atoms with E-state index in [0.717, 1.165) is 18.5 Å². The maximum absolute atomic E-state index is 12.9. The number of amides is 2. The molecule has 1 aliphatic heterocycles. The Kier molecular flexibility index (Phi) is 7.81. The standard InChI is InChI=1S/C24H31N3O5/c1-5-16(6-2)25-24(29)22-14-27(19-9-7-8-10-20(19)32-22)15-23(28)26-18-12-11-17(30-3)13-21(18)31-4/h7-13,16,22H,5-6,14-15H2,1-4H3,(H,25,29)(H,26,28). The SMILES string of the molecule is CCC(CC)NC(=O)C1CN(CC(=O)Nc2ccc(OC)cc2OC)c2ccccc2O1. The van der Waals surface area contributed by atoms with E-state index in [0.29, 0.717) is 22.9 Å². The summed E-state index contributed by atoms with van der Waals surface area (Å²) < 4.78 is 16.5. The van der Waals surface area contributed by atoms with Gasteiger partial charge in [0.05, 0.1) is 38.7 Å². The molecule has 0 aromatic heterocycles. The third-order valence-electron chi connectivity index (χ3n) is 5.50. The normalized spacial score (nSPS) is 14.9. The van der Waals surface area contributed by atoms with Crippen molar-refractivity contribution >= 4 is 23.2 Å². The zero-order valence-corrected chi connectivity index (χ0v) is 19.0. The minimum absolute atomic E-state index is 0.0598. The summed E-state index contributed by atoms with van der Waals surface area (Å²) in [6, 6.07) is 12.7. The maximum Gasteiger partial charge on any atom is 0.263 e. The number of hydrogen-bond acceptors (Lipinski definition) is 6. The number of hydrogen-bond donors (Lipinski definition) is 2.